The predicted molar refractivity (Wildman–Crippen MR) is 623 cm³/mol. The maximum Gasteiger partial charge on any atom is 0.256 e. The molecule has 16 heteroatoms. The smallest absolute Gasteiger partial charge is 0.256 e. The molecule has 786 valence electrons. The van der Waals surface area contributed by atoms with Gasteiger partial charge in [-0.05, 0) is 157 Å². The van der Waals surface area contributed by atoms with Gasteiger partial charge in [0.1, 0.15) is 19.6 Å². The first-order valence-corrected chi connectivity index (χ1v) is 58.7. The molecule has 7 aromatic rings. The van der Waals surface area contributed by atoms with Crippen LogP contribution < -0.4 is 35.0 Å². The number of pyridine rings is 3. The number of aliphatic hydroxyl groups excluding tert-OH is 1. The summed E-state index contributed by atoms with van der Waals surface area (Å²) in [6, 6.07) is 43.3. The number of rotatable bonds is 72. The molecule has 0 saturated carbocycles. The highest BCUT2D eigenvalue weighted by atomic mass is 16.3. The van der Waals surface area contributed by atoms with Gasteiger partial charge in [-0.2, -0.15) is 0 Å². The Morgan fingerprint density at radius 1 is 0.236 bits per heavy atom. The molecule has 0 spiro atoms. The molecule has 6 aliphatic rings. The highest BCUT2D eigenvalue weighted by Crippen LogP contribution is 2.41. The zero-order valence-electron chi connectivity index (χ0n) is 90.8. The number of fused-ring (bicyclic) bond motifs is 4. The van der Waals surface area contributed by atoms with Gasteiger partial charge in [0.2, 0.25) is 0 Å². The number of unbranched alkanes of at least 4 members (excludes halogenated alkanes) is 52. The molecule has 8 bridgehead atoms. The normalized spacial score (nSPS) is 14.1. The van der Waals surface area contributed by atoms with Crippen molar-refractivity contribution in [3.05, 3.63) is 317 Å². The monoisotopic (exact) mass is 1990 g/mol. The number of benzene rings is 4. The summed E-state index contributed by atoms with van der Waals surface area (Å²) < 4.78 is 6.55. The zero-order chi connectivity index (χ0) is 103. The van der Waals surface area contributed by atoms with Crippen molar-refractivity contribution in [2.24, 2.45) is 20.0 Å². The van der Waals surface area contributed by atoms with Gasteiger partial charge >= 0.3 is 0 Å². The third-order valence-corrected chi connectivity index (χ3v) is 30.0. The van der Waals surface area contributed by atoms with E-state index < -0.39 is 0 Å². The number of allylic oxidation sites excluding steroid dienone is 15. The van der Waals surface area contributed by atoms with Gasteiger partial charge < -0.3 is 31.3 Å². The first-order chi connectivity index (χ1) is 73.0. The van der Waals surface area contributed by atoms with Crippen LogP contribution in [0.2, 0.25) is 0 Å². The maximum atomic E-state index is 14.2. The second kappa shape index (κ2) is 65.7. The number of nitrogens with one attached hydrogen (secondary N) is 4. The van der Waals surface area contributed by atoms with Gasteiger partial charge in [-0.1, -0.05) is 391 Å². The lowest BCUT2D eigenvalue weighted by molar-refractivity contribution is -0.697. The molecule has 16 nitrogen and oxygen atoms in total. The third kappa shape index (κ3) is 38.5. The molecule has 148 heavy (non-hydrogen) atoms. The highest BCUT2D eigenvalue weighted by Gasteiger charge is 2.30. The first-order valence-electron chi connectivity index (χ1n) is 58.7. The summed E-state index contributed by atoms with van der Waals surface area (Å²) in [6.07, 6.45) is 111. The summed E-state index contributed by atoms with van der Waals surface area (Å²) in [5.74, 6) is -0.530. The number of nitrogens with zero attached hydrogens (tertiary/aromatic N) is 8. The van der Waals surface area contributed by atoms with E-state index in [1.165, 1.54) is 334 Å². The summed E-state index contributed by atoms with van der Waals surface area (Å²) in [7, 11) is 0. The van der Waals surface area contributed by atoms with Crippen LogP contribution in [0.25, 0.3) is 22.3 Å². The predicted octanol–water partition coefficient (Wildman–Crippen LogP) is 34.8. The third-order valence-electron chi connectivity index (χ3n) is 30.0. The van der Waals surface area contributed by atoms with E-state index in [1.54, 1.807) is 0 Å². The maximum absolute atomic E-state index is 14.2. The zero-order valence-corrected chi connectivity index (χ0v) is 90.8. The summed E-state index contributed by atoms with van der Waals surface area (Å²) in [5, 5.41) is 24.7. The average molecular weight is 2000 g/mol. The van der Waals surface area contributed by atoms with Crippen molar-refractivity contribution in [3.63, 3.8) is 0 Å². The van der Waals surface area contributed by atoms with Crippen molar-refractivity contribution in [2.45, 2.75) is 407 Å². The number of amides is 3. The first kappa shape index (κ1) is 113. The molecular weight excluding hydrogens is 1820 g/mol. The van der Waals surface area contributed by atoms with Crippen molar-refractivity contribution < 1.29 is 33.2 Å². The standard InChI is InChI=1S/C132H174N12O4/c1-5-9-13-17-21-25-29-33-37-41-45-49-53-57-93-141-97-85-109(86-98-141)129(145)133-113-69-61-105(62-70-113)125-117-77-79-119(137-117)126(106-63-71-114(72-64-106)134-130(146)110-87-99-142(100-88-110)94-58-54-50-46-42-38-34-30-26-22-18-14-10-6-2)121-81-83-123(139-121)128(108-67-75-116(76-68-108)136-132(148)112-91-103-144(104-92-112)96-60-56-52-48-44-40-36-32-28-24-20-16-12-8-4)124-84-82-122(140-124)127(120-80-78-118(125)138-120)107-65-73-115(74-66-107)135-131(147)111-89-101-143(102-90-111)95-59-55-51-47-43-39-35-31-27-23-19-15-11-7-3/h61-92,97-104H,5-60,93-96H2,1-4H3,(H2-3,133,134,135,136,137,138,139,140,145,146,147,148)/p+3. The Bertz CT molecular complexity index is 5610. The number of hydrogen-bond donors (Lipinski definition) is 5. The molecule has 0 atom stereocenters. The van der Waals surface area contributed by atoms with Crippen LogP contribution in [-0.4, -0.2) is 57.1 Å². The molecule has 5 N–H and O–H groups in total. The number of aliphatic imine (C=N–C) groups is 4. The van der Waals surface area contributed by atoms with E-state index >= 15 is 0 Å². The number of carbonyl (C=O) groups excluding carboxylic acids is 3. The van der Waals surface area contributed by atoms with E-state index in [0.717, 1.165) is 96.4 Å². The van der Waals surface area contributed by atoms with Crippen LogP contribution in [-0.2, 0) is 19.6 Å². The Hall–Kier alpha value is -12.0. The van der Waals surface area contributed by atoms with Gasteiger partial charge in [0.05, 0.1) is 62.3 Å². The van der Waals surface area contributed by atoms with E-state index in [-0.39, 0.29) is 23.6 Å². The molecule has 0 fully saturated rings. The van der Waals surface area contributed by atoms with E-state index in [0.29, 0.717) is 90.6 Å². The van der Waals surface area contributed by atoms with Crippen molar-refractivity contribution >= 4 is 85.6 Å². The van der Waals surface area contributed by atoms with Gasteiger partial charge in [0.25, 0.3) is 17.7 Å². The SMILES string of the molecule is CCCCCCCCCCCCCCCCN1C=CC(=C(O)Nc2ccc(C3=C4C=CC(=N4)C(c4ccc(NC(=O)c5cc[n+](CCCCCCCCCCCCCCCC)cc5)cc4)=C4C=CC(=N4)C(c4ccc(NC(=O)c5cc[n+](CCCCCCCCCCCCCCCC)cc5)cc4)=C4C=CC(=N4)C(c4ccc(NC(=O)c5cc[n+](CCCCCCCCCCCCCCCC)cc5)cc4)=C4C=CC3=N4)cc2)C=C1. The van der Waals surface area contributed by atoms with E-state index in [9.17, 15) is 19.5 Å². The summed E-state index contributed by atoms with van der Waals surface area (Å²) in [5.41, 5.74) is 16.8. The minimum atomic E-state index is -0.195. The quantitative estimate of drug-likeness (QED) is 0.0144. The van der Waals surface area contributed by atoms with Crippen LogP contribution in [0.15, 0.2) is 298 Å². The molecule has 0 radical (unpaired) electrons. The molecule has 0 saturated heterocycles. The number of aromatic nitrogens is 3. The van der Waals surface area contributed by atoms with Crippen LogP contribution in [0, 0.1) is 0 Å². The number of carbonyl (C=O) groups is 3. The Morgan fingerprint density at radius 2 is 0.432 bits per heavy atom. The second-order valence-electron chi connectivity index (χ2n) is 42.2. The Kier molecular flexibility index (Phi) is 50.2. The van der Waals surface area contributed by atoms with E-state index in [1.807, 2.05) is 207 Å². The van der Waals surface area contributed by atoms with Crippen LogP contribution in [0.4, 0.5) is 22.7 Å². The van der Waals surface area contributed by atoms with Crippen molar-refractivity contribution in [1.82, 2.24) is 4.90 Å². The van der Waals surface area contributed by atoms with Gasteiger partial charge in [-0.3, -0.25) is 14.4 Å². The number of hydrogen-bond acceptors (Lipinski definition) is 10. The summed E-state index contributed by atoms with van der Waals surface area (Å²) in [4.78, 5) is 67.3. The van der Waals surface area contributed by atoms with Gasteiger partial charge in [0.15, 0.2) is 43.1 Å². The van der Waals surface area contributed by atoms with Crippen molar-refractivity contribution in [3.8, 4) is 0 Å². The second-order valence-corrected chi connectivity index (χ2v) is 42.2. The topological polar surface area (TPSA) is 184 Å². The molecule has 13 rings (SSSR count). The lowest BCUT2D eigenvalue weighted by Crippen LogP contribution is -2.33. The molecule has 3 amide bonds. The number of aliphatic hydroxyl groups is 1. The lowest BCUT2D eigenvalue weighted by Gasteiger charge is -2.19. The lowest BCUT2D eigenvalue weighted by atomic mass is 9.98. The van der Waals surface area contributed by atoms with Crippen LogP contribution in [0.3, 0.4) is 0 Å². The molecule has 0 aliphatic carbocycles. The highest BCUT2D eigenvalue weighted by molar-refractivity contribution is 6.40. The largest absolute Gasteiger partial charge is 0.494 e. The van der Waals surface area contributed by atoms with Crippen LogP contribution in [0.5, 0.6) is 0 Å². The fourth-order valence-electron chi connectivity index (χ4n) is 21.0. The molecule has 3 aromatic heterocycles. The Morgan fingerprint density at radius 3 is 0.649 bits per heavy atom. The van der Waals surface area contributed by atoms with Crippen LogP contribution >= 0.6 is 0 Å². The van der Waals surface area contributed by atoms with Gasteiger partial charge in [-0.15, -0.1) is 0 Å². The Balaban J connectivity index is 0.749. The molecule has 9 heterocycles. The number of aryl methyl sites for hydroxylation is 3. The minimum absolute atomic E-state index is 0.0530. The fourth-order valence-corrected chi connectivity index (χ4v) is 21.0. The van der Waals surface area contributed by atoms with Gasteiger partial charge in [0, 0.05) is 125 Å². The van der Waals surface area contributed by atoms with Crippen molar-refractivity contribution in [2.75, 3.05) is 27.8 Å². The minimum Gasteiger partial charge on any atom is -0.494 e. The van der Waals surface area contributed by atoms with E-state index in [2.05, 4.69) is 104 Å². The molecule has 6 aliphatic heterocycles. The molecule has 0 unspecified atom stereocenters. The Labute approximate surface area is 889 Å². The fraction of sp³-hybridized carbons (Fsp3) is 0.485. The number of anilines is 4. The van der Waals surface area contributed by atoms with Crippen LogP contribution in [0.1, 0.15) is 441 Å². The average Bonchev–Trinajstić information content (AvgIpc) is 1.61. The van der Waals surface area contributed by atoms with Gasteiger partial charge in [-0.25, -0.2) is 33.7 Å². The van der Waals surface area contributed by atoms with Crippen molar-refractivity contribution in [1.29, 1.82) is 0 Å². The summed E-state index contributed by atoms with van der Waals surface area (Å²) >= 11 is 0. The molecular formula is C132H177N12O4+3. The van der Waals surface area contributed by atoms with E-state index in [4.69, 9.17) is 20.0 Å². The summed E-state index contributed by atoms with van der Waals surface area (Å²) in [6.45, 7) is 12.8. The molecule has 4 aromatic carbocycles.